The molecule has 3 rings (SSSR count). The highest BCUT2D eigenvalue weighted by Gasteiger charge is 2.37. The molecule has 0 radical (unpaired) electrons. The van der Waals surface area contributed by atoms with Gasteiger partial charge in [0.2, 0.25) is 0 Å². The molecule has 0 heterocycles. The fourth-order valence-electron chi connectivity index (χ4n) is 3.24. The molecular formula is C16H19NO3S. The van der Waals surface area contributed by atoms with E-state index in [9.17, 15) is 8.42 Å². The van der Waals surface area contributed by atoms with E-state index in [2.05, 4.69) is 12.1 Å². The molecule has 0 saturated heterocycles. The molecule has 2 aliphatic carbocycles. The monoisotopic (exact) mass is 305 g/mol. The number of hydrogen-bond acceptors (Lipinski definition) is 4. The Morgan fingerprint density at radius 1 is 1.10 bits per heavy atom. The van der Waals surface area contributed by atoms with Gasteiger partial charge in [-0.2, -0.15) is 8.42 Å². The van der Waals surface area contributed by atoms with Crippen LogP contribution in [0.1, 0.15) is 31.7 Å². The molecule has 0 bridgehead atoms. The van der Waals surface area contributed by atoms with Crippen molar-refractivity contribution in [3.8, 4) is 0 Å². The summed E-state index contributed by atoms with van der Waals surface area (Å²) in [4.78, 5) is 0.138. The lowest BCUT2D eigenvalue weighted by atomic mass is 9.95. The molecule has 2 atom stereocenters. The predicted octanol–water partition coefficient (Wildman–Crippen LogP) is 3.43. The highest BCUT2D eigenvalue weighted by Crippen LogP contribution is 2.42. The first-order valence-corrected chi connectivity index (χ1v) is 8.64. The van der Waals surface area contributed by atoms with Gasteiger partial charge in [-0.1, -0.05) is 34.8 Å². The number of rotatable bonds is 3. The first kappa shape index (κ1) is 14.3. The van der Waals surface area contributed by atoms with Crippen molar-refractivity contribution in [2.75, 3.05) is 0 Å². The van der Waals surface area contributed by atoms with Gasteiger partial charge in [-0.15, -0.1) is 0 Å². The van der Waals surface area contributed by atoms with Crippen molar-refractivity contribution >= 4 is 15.8 Å². The molecule has 0 spiro atoms. The predicted molar refractivity (Wildman–Crippen MR) is 81.5 cm³/mol. The van der Waals surface area contributed by atoms with Gasteiger partial charge in [0.15, 0.2) is 0 Å². The van der Waals surface area contributed by atoms with Crippen LogP contribution in [0.15, 0.2) is 46.0 Å². The van der Waals surface area contributed by atoms with Crippen LogP contribution in [0, 0.1) is 18.8 Å². The van der Waals surface area contributed by atoms with Crippen LogP contribution in [0.5, 0.6) is 0 Å². The van der Waals surface area contributed by atoms with Gasteiger partial charge in [-0.3, -0.25) is 4.28 Å². The van der Waals surface area contributed by atoms with E-state index in [-0.39, 0.29) is 4.90 Å². The number of benzene rings is 1. The van der Waals surface area contributed by atoms with Crippen molar-refractivity contribution in [1.29, 1.82) is 0 Å². The number of aryl methyl sites for hydroxylation is 1. The second kappa shape index (κ2) is 5.30. The van der Waals surface area contributed by atoms with E-state index >= 15 is 0 Å². The van der Waals surface area contributed by atoms with E-state index < -0.39 is 10.1 Å². The van der Waals surface area contributed by atoms with Crippen LogP contribution in [-0.2, 0) is 14.4 Å². The maximum Gasteiger partial charge on any atom is 0.358 e. The van der Waals surface area contributed by atoms with Crippen molar-refractivity contribution in [2.45, 2.75) is 38.0 Å². The molecule has 5 heteroatoms. The van der Waals surface area contributed by atoms with E-state index in [0.29, 0.717) is 11.8 Å². The van der Waals surface area contributed by atoms with Gasteiger partial charge in [0, 0.05) is 5.92 Å². The first-order chi connectivity index (χ1) is 9.97. The summed E-state index contributed by atoms with van der Waals surface area (Å²) in [6.45, 7) is 3.99. The van der Waals surface area contributed by atoms with Crippen molar-refractivity contribution in [3.63, 3.8) is 0 Å². The third-order valence-electron chi connectivity index (χ3n) is 4.41. The lowest BCUT2D eigenvalue weighted by Crippen LogP contribution is -2.12. The van der Waals surface area contributed by atoms with Gasteiger partial charge >= 0.3 is 10.1 Å². The van der Waals surface area contributed by atoms with Crippen LogP contribution in [0.4, 0.5) is 0 Å². The molecule has 1 aromatic carbocycles. The van der Waals surface area contributed by atoms with Crippen molar-refractivity contribution < 1.29 is 12.7 Å². The molecule has 0 aliphatic heterocycles. The Morgan fingerprint density at radius 2 is 1.76 bits per heavy atom. The molecule has 112 valence electrons. The SMILES string of the molecule is CC1=C/C(=N\OS(=O)(=O)c2ccc(C)cc2)C2CCCC12. The topological polar surface area (TPSA) is 55.7 Å². The summed E-state index contributed by atoms with van der Waals surface area (Å²) < 4.78 is 29.2. The summed E-state index contributed by atoms with van der Waals surface area (Å²) in [5.41, 5.74) is 3.06. The minimum atomic E-state index is -3.83. The number of allylic oxidation sites excluding steroid dienone is 2. The van der Waals surface area contributed by atoms with Crippen molar-refractivity contribution in [1.82, 2.24) is 0 Å². The standard InChI is InChI=1S/C16H19NO3S/c1-11-6-8-13(9-7-11)21(18,19)20-17-16-10-12(2)14-4-3-5-15(14)16/h6-10,14-15H,3-5H2,1-2H3/b17-16+. The van der Waals surface area contributed by atoms with Gasteiger partial charge in [0.1, 0.15) is 4.90 Å². The number of fused-ring (bicyclic) bond motifs is 1. The Labute approximate surface area is 125 Å². The van der Waals surface area contributed by atoms with Crippen molar-refractivity contribution in [2.24, 2.45) is 17.0 Å². The Morgan fingerprint density at radius 3 is 2.48 bits per heavy atom. The molecule has 21 heavy (non-hydrogen) atoms. The van der Waals surface area contributed by atoms with E-state index in [1.807, 2.05) is 13.0 Å². The second-order valence-electron chi connectivity index (χ2n) is 5.89. The molecule has 0 amide bonds. The zero-order valence-corrected chi connectivity index (χ0v) is 13.1. The second-order valence-corrected chi connectivity index (χ2v) is 7.42. The highest BCUT2D eigenvalue weighted by atomic mass is 32.2. The van der Waals surface area contributed by atoms with Crippen molar-refractivity contribution in [3.05, 3.63) is 41.5 Å². The van der Waals surface area contributed by atoms with Crippen LogP contribution in [0.2, 0.25) is 0 Å². The van der Waals surface area contributed by atoms with Crippen LogP contribution in [-0.4, -0.2) is 14.1 Å². The van der Waals surface area contributed by atoms with Crippen LogP contribution >= 0.6 is 0 Å². The Bertz CT molecular complexity index is 702. The molecule has 4 nitrogen and oxygen atoms in total. The Kier molecular flexibility index (Phi) is 3.61. The number of nitrogens with zero attached hydrogens (tertiary/aromatic N) is 1. The normalized spacial score (nSPS) is 26.8. The lowest BCUT2D eigenvalue weighted by Gasteiger charge is -2.11. The summed E-state index contributed by atoms with van der Waals surface area (Å²) in [6.07, 6.45) is 5.37. The van der Waals surface area contributed by atoms with E-state index in [0.717, 1.165) is 24.1 Å². The maximum absolute atomic E-state index is 12.1. The average molecular weight is 305 g/mol. The fourth-order valence-corrected chi connectivity index (χ4v) is 3.98. The largest absolute Gasteiger partial charge is 0.358 e. The third-order valence-corrected chi connectivity index (χ3v) is 5.53. The quantitative estimate of drug-likeness (QED) is 0.804. The van der Waals surface area contributed by atoms with Gasteiger partial charge in [0.25, 0.3) is 0 Å². The minimum absolute atomic E-state index is 0.138. The molecule has 1 aromatic rings. The highest BCUT2D eigenvalue weighted by molar-refractivity contribution is 7.86. The number of hydrogen-bond donors (Lipinski definition) is 0. The Balaban J connectivity index is 1.80. The summed E-state index contributed by atoms with van der Waals surface area (Å²) in [7, 11) is -3.83. The fraction of sp³-hybridized carbons (Fsp3) is 0.438. The minimum Gasteiger partial charge on any atom is -0.265 e. The van der Waals surface area contributed by atoms with Gasteiger partial charge in [-0.05, 0) is 50.8 Å². The molecule has 1 saturated carbocycles. The van der Waals surface area contributed by atoms with E-state index in [4.69, 9.17) is 4.28 Å². The van der Waals surface area contributed by atoms with Gasteiger partial charge < -0.3 is 0 Å². The summed E-state index contributed by atoms with van der Waals surface area (Å²) >= 11 is 0. The maximum atomic E-state index is 12.1. The zero-order valence-electron chi connectivity index (χ0n) is 12.2. The molecule has 1 fully saturated rings. The Hall–Kier alpha value is -1.62. The molecule has 0 N–H and O–H groups in total. The van der Waals surface area contributed by atoms with Gasteiger partial charge in [0.05, 0.1) is 5.71 Å². The smallest absolute Gasteiger partial charge is 0.265 e. The molecular weight excluding hydrogens is 286 g/mol. The van der Waals surface area contributed by atoms with Crippen LogP contribution in [0.25, 0.3) is 0 Å². The average Bonchev–Trinajstić information content (AvgIpc) is 3.02. The summed E-state index contributed by atoms with van der Waals surface area (Å²) in [5, 5.41) is 3.94. The number of oxime groups is 1. The molecule has 2 unspecified atom stereocenters. The van der Waals surface area contributed by atoms with Gasteiger partial charge in [-0.25, -0.2) is 0 Å². The zero-order chi connectivity index (χ0) is 15.0. The van der Waals surface area contributed by atoms with Crippen LogP contribution < -0.4 is 0 Å². The third kappa shape index (κ3) is 2.75. The van der Waals surface area contributed by atoms with E-state index in [1.54, 1.807) is 24.3 Å². The first-order valence-electron chi connectivity index (χ1n) is 7.24. The molecule has 2 aliphatic rings. The summed E-state index contributed by atoms with van der Waals surface area (Å²) in [5.74, 6) is 0.854. The lowest BCUT2D eigenvalue weighted by molar-refractivity contribution is 0.335. The van der Waals surface area contributed by atoms with Crippen LogP contribution in [0.3, 0.4) is 0 Å². The summed E-state index contributed by atoms with van der Waals surface area (Å²) in [6, 6.07) is 6.57. The van der Waals surface area contributed by atoms with E-state index in [1.165, 1.54) is 12.0 Å². The molecule has 0 aromatic heterocycles.